The van der Waals surface area contributed by atoms with E-state index in [1.165, 1.54) is 0 Å². The number of para-hydroxylation sites is 1. The molecule has 0 saturated carbocycles. The number of nitrogens with zero attached hydrogens (tertiary/aromatic N) is 1. The fraction of sp³-hybridized carbons (Fsp3) is 0.500. The Morgan fingerprint density at radius 2 is 2.06 bits per heavy atom. The van der Waals surface area contributed by atoms with Gasteiger partial charge in [-0.25, -0.2) is 0 Å². The first-order chi connectivity index (χ1) is 8.42. The SMILES string of the molecule is CC(C)(C)[NH2+]C[C@H](O)COc1ccccc1C#N. The van der Waals surface area contributed by atoms with E-state index in [0.29, 0.717) is 17.9 Å². The van der Waals surface area contributed by atoms with Crippen LogP contribution in [0.15, 0.2) is 24.3 Å². The molecule has 0 heterocycles. The molecule has 18 heavy (non-hydrogen) atoms. The van der Waals surface area contributed by atoms with Crippen LogP contribution < -0.4 is 10.1 Å². The predicted octanol–water partition coefficient (Wildman–Crippen LogP) is 0.660. The van der Waals surface area contributed by atoms with Crippen LogP contribution in [0.2, 0.25) is 0 Å². The van der Waals surface area contributed by atoms with E-state index in [2.05, 4.69) is 32.2 Å². The highest BCUT2D eigenvalue weighted by molar-refractivity contribution is 5.42. The van der Waals surface area contributed by atoms with Gasteiger partial charge < -0.3 is 15.2 Å². The second-order valence-corrected chi connectivity index (χ2v) is 5.38. The molecular weight excluding hydrogens is 228 g/mol. The van der Waals surface area contributed by atoms with E-state index in [1.54, 1.807) is 18.2 Å². The number of hydrogen-bond acceptors (Lipinski definition) is 3. The molecule has 4 heteroatoms. The number of aliphatic hydroxyl groups excluding tert-OH is 1. The highest BCUT2D eigenvalue weighted by Crippen LogP contribution is 2.16. The van der Waals surface area contributed by atoms with Gasteiger partial charge in [-0.2, -0.15) is 5.26 Å². The lowest BCUT2D eigenvalue weighted by molar-refractivity contribution is -0.722. The highest BCUT2D eigenvalue weighted by Gasteiger charge is 2.16. The number of quaternary nitrogens is 1. The number of ether oxygens (including phenoxy) is 1. The summed E-state index contributed by atoms with van der Waals surface area (Å²) in [6, 6.07) is 9.09. The number of benzene rings is 1. The van der Waals surface area contributed by atoms with Gasteiger partial charge in [0.05, 0.1) is 11.1 Å². The molecule has 1 aromatic rings. The Bertz CT molecular complexity index is 419. The third-order valence-corrected chi connectivity index (χ3v) is 2.44. The van der Waals surface area contributed by atoms with Crippen LogP contribution >= 0.6 is 0 Å². The second-order valence-electron chi connectivity index (χ2n) is 5.38. The van der Waals surface area contributed by atoms with Crippen LogP contribution in [0.3, 0.4) is 0 Å². The molecular formula is C14H21N2O2+. The van der Waals surface area contributed by atoms with Crippen LogP contribution in [-0.4, -0.2) is 29.9 Å². The van der Waals surface area contributed by atoms with Crippen molar-refractivity contribution in [3.8, 4) is 11.8 Å². The minimum atomic E-state index is -0.545. The van der Waals surface area contributed by atoms with Crippen molar-refractivity contribution in [1.29, 1.82) is 5.26 Å². The summed E-state index contributed by atoms with van der Waals surface area (Å²) in [6.45, 7) is 7.05. The van der Waals surface area contributed by atoms with Crippen LogP contribution in [0.5, 0.6) is 5.75 Å². The molecule has 4 nitrogen and oxygen atoms in total. The zero-order valence-electron chi connectivity index (χ0n) is 11.2. The molecule has 0 aliphatic heterocycles. The standard InChI is InChI=1S/C14H20N2O2/c1-14(2,3)16-9-12(17)10-18-13-7-5-4-6-11(13)8-15/h4-7,12,16-17H,9-10H2,1-3H3/p+1/t12-/m0/s1. The first-order valence-electron chi connectivity index (χ1n) is 6.07. The zero-order valence-corrected chi connectivity index (χ0v) is 11.2. The Hall–Kier alpha value is -1.57. The van der Waals surface area contributed by atoms with E-state index in [9.17, 15) is 5.11 Å². The van der Waals surface area contributed by atoms with E-state index < -0.39 is 6.10 Å². The summed E-state index contributed by atoms with van der Waals surface area (Å²) in [6.07, 6.45) is -0.545. The van der Waals surface area contributed by atoms with Crippen molar-refractivity contribution in [1.82, 2.24) is 0 Å². The van der Waals surface area contributed by atoms with Gasteiger partial charge in [-0.3, -0.25) is 0 Å². The number of aliphatic hydroxyl groups is 1. The number of nitriles is 1. The maximum Gasteiger partial charge on any atom is 0.137 e. The first-order valence-corrected chi connectivity index (χ1v) is 6.07. The van der Waals surface area contributed by atoms with Gasteiger partial charge in [0.1, 0.15) is 31.1 Å². The Balaban J connectivity index is 2.43. The predicted molar refractivity (Wildman–Crippen MR) is 69.2 cm³/mol. The van der Waals surface area contributed by atoms with Crippen molar-refractivity contribution in [2.45, 2.75) is 32.4 Å². The van der Waals surface area contributed by atoms with Crippen LogP contribution in [-0.2, 0) is 0 Å². The Labute approximate surface area is 108 Å². The fourth-order valence-electron chi connectivity index (χ4n) is 1.43. The molecule has 0 amide bonds. The third kappa shape index (κ3) is 5.17. The van der Waals surface area contributed by atoms with Crippen molar-refractivity contribution in [2.75, 3.05) is 13.2 Å². The van der Waals surface area contributed by atoms with Gasteiger partial charge in [0.15, 0.2) is 0 Å². The first kappa shape index (κ1) is 14.5. The van der Waals surface area contributed by atoms with Gasteiger partial charge >= 0.3 is 0 Å². The van der Waals surface area contributed by atoms with E-state index in [0.717, 1.165) is 0 Å². The summed E-state index contributed by atoms with van der Waals surface area (Å²) in [5, 5.41) is 20.8. The number of nitrogens with two attached hydrogens (primary N) is 1. The van der Waals surface area contributed by atoms with Gasteiger partial charge in [-0.05, 0) is 32.9 Å². The molecule has 0 aliphatic carbocycles. The molecule has 0 spiro atoms. The van der Waals surface area contributed by atoms with E-state index in [4.69, 9.17) is 10.00 Å². The molecule has 0 saturated heterocycles. The largest absolute Gasteiger partial charge is 0.489 e. The van der Waals surface area contributed by atoms with Gasteiger partial charge in [0, 0.05) is 0 Å². The smallest absolute Gasteiger partial charge is 0.137 e. The maximum atomic E-state index is 9.80. The lowest BCUT2D eigenvalue weighted by atomic mass is 10.1. The zero-order chi connectivity index (χ0) is 13.6. The second kappa shape index (κ2) is 6.39. The average molecular weight is 249 g/mol. The van der Waals surface area contributed by atoms with Crippen LogP contribution in [0.1, 0.15) is 26.3 Å². The Morgan fingerprint density at radius 3 is 2.67 bits per heavy atom. The van der Waals surface area contributed by atoms with Gasteiger partial charge in [0.25, 0.3) is 0 Å². The molecule has 3 N–H and O–H groups in total. The Kier molecular flexibility index (Phi) is 5.14. The number of rotatable bonds is 5. The molecule has 0 bridgehead atoms. The van der Waals surface area contributed by atoms with Crippen LogP contribution in [0.25, 0.3) is 0 Å². The van der Waals surface area contributed by atoms with Crippen molar-refractivity contribution in [3.63, 3.8) is 0 Å². The summed E-state index contributed by atoms with van der Waals surface area (Å²) in [7, 11) is 0. The van der Waals surface area contributed by atoms with Gasteiger partial charge in [0.2, 0.25) is 0 Å². The fourth-order valence-corrected chi connectivity index (χ4v) is 1.43. The maximum absolute atomic E-state index is 9.80. The molecule has 1 atom stereocenters. The van der Waals surface area contributed by atoms with Crippen molar-refractivity contribution >= 4 is 0 Å². The summed E-state index contributed by atoms with van der Waals surface area (Å²) >= 11 is 0. The number of hydrogen-bond donors (Lipinski definition) is 2. The summed E-state index contributed by atoms with van der Waals surface area (Å²) in [5.41, 5.74) is 0.579. The summed E-state index contributed by atoms with van der Waals surface area (Å²) in [5.74, 6) is 0.523. The lowest BCUT2D eigenvalue weighted by Crippen LogP contribution is -2.96. The topological polar surface area (TPSA) is 69.9 Å². The van der Waals surface area contributed by atoms with Gasteiger partial charge in [-0.15, -0.1) is 0 Å². The van der Waals surface area contributed by atoms with Crippen LogP contribution in [0.4, 0.5) is 0 Å². The molecule has 0 radical (unpaired) electrons. The normalized spacial score (nSPS) is 12.8. The van der Waals surface area contributed by atoms with Crippen molar-refractivity contribution in [3.05, 3.63) is 29.8 Å². The van der Waals surface area contributed by atoms with E-state index >= 15 is 0 Å². The van der Waals surface area contributed by atoms with E-state index in [-0.39, 0.29) is 12.1 Å². The molecule has 0 unspecified atom stereocenters. The van der Waals surface area contributed by atoms with Crippen LogP contribution in [0, 0.1) is 11.3 Å². The monoisotopic (exact) mass is 249 g/mol. The summed E-state index contributed by atoms with van der Waals surface area (Å²) in [4.78, 5) is 0. The summed E-state index contributed by atoms with van der Waals surface area (Å²) < 4.78 is 5.46. The average Bonchev–Trinajstić information content (AvgIpc) is 2.33. The molecule has 0 aliphatic rings. The van der Waals surface area contributed by atoms with Crippen molar-refractivity contribution < 1.29 is 15.2 Å². The minimum absolute atomic E-state index is 0.0888. The highest BCUT2D eigenvalue weighted by atomic mass is 16.5. The van der Waals surface area contributed by atoms with E-state index in [1.807, 2.05) is 6.07 Å². The molecule has 98 valence electrons. The molecule has 0 fully saturated rings. The molecule has 1 aromatic carbocycles. The van der Waals surface area contributed by atoms with Crippen molar-refractivity contribution in [2.24, 2.45) is 0 Å². The quantitative estimate of drug-likeness (QED) is 0.805. The Morgan fingerprint density at radius 1 is 1.39 bits per heavy atom. The van der Waals surface area contributed by atoms with Gasteiger partial charge in [-0.1, -0.05) is 12.1 Å². The minimum Gasteiger partial charge on any atom is -0.489 e. The third-order valence-electron chi connectivity index (χ3n) is 2.44. The molecule has 1 rings (SSSR count). The lowest BCUT2D eigenvalue weighted by Gasteiger charge is -2.19. The molecule has 0 aromatic heterocycles.